The van der Waals surface area contributed by atoms with E-state index in [0.29, 0.717) is 53.6 Å². The van der Waals surface area contributed by atoms with E-state index in [-0.39, 0.29) is 39.7 Å². The maximum atomic E-state index is 14.5. The maximum Gasteiger partial charge on any atom is 0.312 e. The fraction of sp³-hybridized carbons (Fsp3) is 0.761. The van der Waals surface area contributed by atoms with Gasteiger partial charge in [0.15, 0.2) is 0 Å². The Balaban J connectivity index is 0.892. The van der Waals surface area contributed by atoms with Gasteiger partial charge in [-0.1, -0.05) is 83.8 Å². The molecule has 55 heavy (non-hydrogen) atoms. The Bertz CT molecular complexity index is 1770. The minimum Gasteiger partial charge on any atom is -0.465 e. The molecule has 8 nitrogen and oxygen atoms in total. The number of esters is 1. The molecule has 0 bridgehead atoms. The van der Waals surface area contributed by atoms with E-state index in [4.69, 9.17) is 20.8 Å². The first-order chi connectivity index (χ1) is 26.1. The molecule has 2 aromatic rings. The Morgan fingerprint density at radius 2 is 1.67 bits per heavy atom. The first kappa shape index (κ1) is 39.6. The Morgan fingerprint density at radius 1 is 0.927 bits per heavy atom. The molecular formula is C46H67ClN4O4. The fourth-order valence-corrected chi connectivity index (χ4v) is 14.1. The zero-order valence-corrected chi connectivity index (χ0v) is 35.5. The van der Waals surface area contributed by atoms with Crippen molar-refractivity contribution in [3.05, 3.63) is 46.8 Å². The fourth-order valence-electron chi connectivity index (χ4n) is 13.9. The standard InChI is InChI=1S/C46H67ClN4O4/c1-30-15-20-46(41(53)54-28-10-23-50-24-26-51(27-25-50)29-38-48-49-40(55-38)32-11-8-9-12-34(32)47)22-21-44(6)33(39(46)31(30)2)13-14-36-43(5)18-17-37(52)42(3,4)35(43)16-19-45(36,44)7/h8-9,11-13,30-31,35-37,39,52H,10,14-29H2,1-7H3/t30-,31+,35+,36-,37+,39+,43+,44-,45-,46+/m1/s1. The number of ether oxygens (including phenoxy) is 1. The summed E-state index contributed by atoms with van der Waals surface area (Å²) in [4.78, 5) is 19.4. The first-order valence-corrected chi connectivity index (χ1v) is 22.1. The van der Waals surface area contributed by atoms with Crippen LogP contribution in [0.2, 0.25) is 5.02 Å². The molecule has 0 spiro atoms. The zero-order chi connectivity index (χ0) is 39.0. The minimum absolute atomic E-state index is 0.0495. The van der Waals surface area contributed by atoms with Crippen molar-refractivity contribution in [2.24, 2.45) is 56.7 Å². The molecule has 6 aliphatic rings. The number of carbonyl (C=O) groups excluding carboxylic acids is 1. The summed E-state index contributed by atoms with van der Waals surface area (Å²) in [6, 6.07) is 7.54. The number of benzene rings is 1. The van der Waals surface area contributed by atoms with Crippen molar-refractivity contribution in [2.75, 3.05) is 39.3 Å². The quantitative estimate of drug-likeness (QED) is 0.161. The average molecular weight is 776 g/mol. The van der Waals surface area contributed by atoms with Gasteiger partial charge in [0.2, 0.25) is 11.8 Å². The Hall–Kier alpha value is -2.26. The van der Waals surface area contributed by atoms with E-state index in [1.165, 1.54) is 12.8 Å². The molecule has 5 aliphatic carbocycles. The molecule has 1 aliphatic heterocycles. The number of nitrogens with zero attached hydrogens (tertiary/aromatic N) is 4. The lowest BCUT2D eigenvalue weighted by Gasteiger charge is -2.71. The van der Waals surface area contributed by atoms with Crippen molar-refractivity contribution in [1.29, 1.82) is 0 Å². The van der Waals surface area contributed by atoms with Gasteiger partial charge in [-0.25, -0.2) is 0 Å². The number of aromatic nitrogens is 2. The first-order valence-electron chi connectivity index (χ1n) is 21.7. The lowest BCUT2D eigenvalue weighted by molar-refractivity contribution is -0.207. The van der Waals surface area contributed by atoms with Crippen LogP contribution in [0, 0.1) is 56.7 Å². The van der Waals surface area contributed by atoms with Gasteiger partial charge in [0.25, 0.3) is 0 Å². The van der Waals surface area contributed by atoms with Crippen LogP contribution in [0.5, 0.6) is 0 Å². The molecule has 1 N–H and O–H groups in total. The summed E-state index contributed by atoms with van der Waals surface area (Å²) >= 11 is 6.33. The van der Waals surface area contributed by atoms with E-state index < -0.39 is 5.41 Å². The van der Waals surface area contributed by atoms with E-state index in [2.05, 4.69) is 74.5 Å². The van der Waals surface area contributed by atoms with E-state index in [1.807, 2.05) is 24.3 Å². The Labute approximate surface area is 335 Å². The molecule has 0 unspecified atom stereocenters. The molecule has 1 aromatic heterocycles. The lowest BCUT2D eigenvalue weighted by atomic mass is 9.33. The smallest absolute Gasteiger partial charge is 0.312 e. The van der Waals surface area contributed by atoms with Gasteiger partial charge in [-0.3, -0.25) is 9.69 Å². The monoisotopic (exact) mass is 774 g/mol. The van der Waals surface area contributed by atoms with Crippen LogP contribution in [0.25, 0.3) is 11.5 Å². The summed E-state index contributed by atoms with van der Waals surface area (Å²) in [7, 11) is 0. The number of fused-ring (bicyclic) bond motifs is 7. The second-order valence-electron chi connectivity index (χ2n) is 20.3. The topological polar surface area (TPSA) is 91.9 Å². The highest BCUT2D eigenvalue weighted by Gasteiger charge is 2.69. The van der Waals surface area contributed by atoms with E-state index in [1.54, 1.807) is 5.57 Å². The van der Waals surface area contributed by atoms with Crippen LogP contribution in [0.3, 0.4) is 0 Å². The van der Waals surface area contributed by atoms with Crippen LogP contribution in [-0.4, -0.2) is 76.5 Å². The minimum atomic E-state index is -0.412. The Kier molecular flexibility index (Phi) is 10.5. The number of piperazine rings is 1. The van der Waals surface area contributed by atoms with Crippen LogP contribution >= 0.6 is 11.6 Å². The number of carbonyl (C=O) groups is 1. The van der Waals surface area contributed by atoms with Crippen LogP contribution in [0.15, 0.2) is 40.3 Å². The number of hydrogen-bond donors (Lipinski definition) is 1. The highest BCUT2D eigenvalue weighted by Crippen LogP contribution is 2.75. The van der Waals surface area contributed by atoms with Gasteiger partial charge in [-0.05, 0) is 128 Å². The van der Waals surface area contributed by atoms with Gasteiger partial charge in [0.1, 0.15) is 0 Å². The number of aliphatic hydroxyl groups excluding tert-OH is 1. The summed E-state index contributed by atoms with van der Waals surface area (Å²) in [5, 5.41) is 20.2. The van der Waals surface area contributed by atoms with Crippen LogP contribution in [0.1, 0.15) is 119 Å². The van der Waals surface area contributed by atoms with E-state index in [0.717, 1.165) is 89.7 Å². The summed E-state index contributed by atoms with van der Waals surface area (Å²) in [5.74, 6) is 3.58. The molecule has 8 rings (SSSR count). The van der Waals surface area contributed by atoms with Crippen molar-refractivity contribution >= 4 is 17.6 Å². The van der Waals surface area contributed by atoms with Crippen molar-refractivity contribution in [3.8, 4) is 11.5 Å². The third-order valence-electron chi connectivity index (χ3n) is 17.6. The highest BCUT2D eigenvalue weighted by molar-refractivity contribution is 6.33. The summed E-state index contributed by atoms with van der Waals surface area (Å²) < 4.78 is 12.3. The molecule has 0 amide bonds. The predicted octanol–water partition coefficient (Wildman–Crippen LogP) is 9.46. The van der Waals surface area contributed by atoms with Crippen molar-refractivity contribution in [2.45, 2.75) is 125 Å². The van der Waals surface area contributed by atoms with Gasteiger partial charge >= 0.3 is 5.97 Å². The predicted molar refractivity (Wildman–Crippen MR) is 217 cm³/mol. The molecule has 1 aromatic carbocycles. The van der Waals surface area contributed by atoms with Gasteiger partial charge in [0.05, 0.1) is 35.3 Å². The lowest BCUT2D eigenvalue weighted by Crippen LogP contribution is -2.65. The molecule has 302 valence electrons. The maximum absolute atomic E-state index is 14.5. The Morgan fingerprint density at radius 3 is 2.44 bits per heavy atom. The molecule has 5 fully saturated rings. The number of allylic oxidation sites excluding steroid dienone is 2. The van der Waals surface area contributed by atoms with Gasteiger partial charge < -0.3 is 19.2 Å². The number of halogens is 1. The van der Waals surface area contributed by atoms with Gasteiger partial charge in [0, 0.05) is 32.7 Å². The van der Waals surface area contributed by atoms with Gasteiger partial charge in [-0.2, -0.15) is 0 Å². The molecule has 1 saturated heterocycles. The van der Waals surface area contributed by atoms with Crippen molar-refractivity contribution in [3.63, 3.8) is 0 Å². The second-order valence-corrected chi connectivity index (χ2v) is 20.7. The molecule has 0 radical (unpaired) electrons. The number of hydrogen-bond acceptors (Lipinski definition) is 8. The summed E-state index contributed by atoms with van der Waals surface area (Å²) in [6.45, 7) is 23.2. The second kappa shape index (κ2) is 14.5. The molecule has 10 atom stereocenters. The molecular weight excluding hydrogens is 708 g/mol. The van der Waals surface area contributed by atoms with E-state index >= 15 is 0 Å². The van der Waals surface area contributed by atoms with Crippen molar-refractivity contribution in [1.82, 2.24) is 20.0 Å². The van der Waals surface area contributed by atoms with E-state index in [9.17, 15) is 9.90 Å². The van der Waals surface area contributed by atoms with Gasteiger partial charge in [-0.15, -0.1) is 10.2 Å². The van der Waals surface area contributed by atoms with Crippen LogP contribution in [-0.2, 0) is 16.1 Å². The SMILES string of the molecule is C[C@H]1[C@H](C)CC[C@]2(C(=O)OCCCN3CCN(Cc4nnc(-c5ccccc5Cl)o4)CC3)CC[C@]3(C)C(=CC[C@@H]4[C@@]5(C)CC[C@H](O)C(C)(C)[C@@H]5CC[C@]43C)[C@H]12. The molecule has 4 saturated carbocycles. The molecule has 9 heteroatoms. The third-order valence-corrected chi connectivity index (χ3v) is 18.0. The number of rotatable bonds is 8. The largest absolute Gasteiger partial charge is 0.465 e. The summed E-state index contributed by atoms with van der Waals surface area (Å²) in [6.07, 6.45) is 12.9. The van der Waals surface area contributed by atoms with Crippen LogP contribution < -0.4 is 0 Å². The normalized spacial score (nSPS) is 40.3. The third kappa shape index (κ3) is 6.37. The average Bonchev–Trinajstić information content (AvgIpc) is 3.62. The zero-order valence-electron chi connectivity index (χ0n) is 34.7. The highest BCUT2D eigenvalue weighted by atomic mass is 35.5. The van der Waals surface area contributed by atoms with Crippen LogP contribution in [0.4, 0.5) is 0 Å². The number of aliphatic hydroxyl groups is 1. The van der Waals surface area contributed by atoms with Crippen molar-refractivity contribution < 1.29 is 19.1 Å². The summed E-state index contributed by atoms with van der Waals surface area (Å²) in [5.41, 5.74) is 2.39. The molecule has 2 heterocycles.